The Hall–Kier alpha value is -2.08. The zero-order chi connectivity index (χ0) is 18.4. The average Bonchev–Trinajstić information content (AvgIpc) is 3.17. The fraction of sp³-hybridized carbons (Fsp3) is 0.600. The molecule has 0 saturated carbocycles. The van der Waals surface area contributed by atoms with Crippen LogP contribution >= 0.6 is 0 Å². The summed E-state index contributed by atoms with van der Waals surface area (Å²) in [5.74, 6) is -0.202. The smallest absolute Gasteiger partial charge is 0.314 e. The van der Waals surface area contributed by atoms with E-state index >= 15 is 0 Å². The number of rotatable bonds is 6. The fourth-order valence-corrected chi connectivity index (χ4v) is 3.94. The van der Waals surface area contributed by atoms with Gasteiger partial charge in [-0.05, 0) is 56.9 Å². The molecule has 2 aliphatic heterocycles. The van der Waals surface area contributed by atoms with E-state index in [1.54, 1.807) is 0 Å². The number of quaternary nitrogens is 1. The maximum absolute atomic E-state index is 12.4. The van der Waals surface area contributed by atoms with Crippen molar-refractivity contribution in [1.29, 1.82) is 0 Å². The van der Waals surface area contributed by atoms with Crippen LogP contribution in [-0.4, -0.2) is 51.2 Å². The van der Waals surface area contributed by atoms with Crippen molar-refractivity contribution >= 4 is 23.3 Å². The van der Waals surface area contributed by atoms with E-state index in [-0.39, 0.29) is 17.8 Å². The number of esters is 1. The van der Waals surface area contributed by atoms with Crippen LogP contribution in [0.4, 0.5) is 11.4 Å². The van der Waals surface area contributed by atoms with E-state index in [9.17, 15) is 9.59 Å². The number of carbonyl (C=O) groups excluding carboxylic acids is 2. The fourth-order valence-electron chi connectivity index (χ4n) is 3.94. The summed E-state index contributed by atoms with van der Waals surface area (Å²) in [4.78, 5) is 27.8. The number of carbonyl (C=O) groups is 2. The van der Waals surface area contributed by atoms with E-state index in [1.165, 1.54) is 18.5 Å². The summed E-state index contributed by atoms with van der Waals surface area (Å²) in [6, 6.07) is 8.09. The van der Waals surface area contributed by atoms with E-state index in [4.69, 9.17) is 4.74 Å². The lowest BCUT2D eigenvalue weighted by atomic mass is 9.98. The van der Waals surface area contributed by atoms with Crippen LogP contribution in [0.15, 0.2) is 24.3 Å². The zero-order valence-electron chi connectivity index (χ0n) is 15.6. The van der Waals surface area contributed by atoms with E-state index < -0.39 is 0 Å². The van der Waals surface area contributed by atoms with Gasteiger partial charge in [0.25, 0.3) is 5.91 Å². The predicted molar refractivity (Wildman–Crippen MR) is 101 cm³/mol. The lowest BCUT2D eigenvalue weighted by Crippen LogP contribution is -3.14. The van der Waals surface area contributed by atoms with Crippen LogP contribution in [0.2, 0.25) is 0 Å². The van der Waals surface area contributed by atoms with Crippen molar-refractivity contribution < 1.29 is 19.2 Å². The molecule has 0 spiro atoms. The van der Waals surface area contributed by atoms with Crippen LogP contribution < -0.4 is 15.1 Å². The molecule has 142 valence electrons. The Kier molecular flexibility index (Phi) is 6.50. The molecule has 2 fully saturated rings. The summed E-state index contributed by atoms with van der Waals surface area (Å²) in [6.07, 6.45) is 4.33. The highest BCUT2D eigenvalue weighted by Gasteiger charge is 2.30. The number of likely N-dealkylation sites (tertiary alicyclic amines) is 1. The molecule has 2 heterocycles. The van der Waals surface area contributed by atoms with Gasteiger partial charge in [-0.25, -0.2) is 0 Å². The highest BCUT2D eigenvalue weighted by Crippen LogP contribution is 2.21. The van der Waals surface area contributed by atoms with Crippen molar-refractivity contribution in [1.82, 2.24) is 0 Å². The third kappa shape index (κ3) is 4.97. The van der Waals surface area contributed by atoms with E-state index in [2.05, 4.69) is 22.3 Å². The molecule has 1 aromatic rings. The molecule has 1 unspecified atom stereocenters. The van der Waals surface area contributed by atoms with Crippen LogP contribution in [0.1, 0.15) is 32.6 Å². The van der Waals surface area contributed by atoms with Gasteiger partial charge in [-0.15, -0.1) is 0 Å². The van der Waals surface area contributed by atoms with Gasteiger partial charge in [-0.2, -0.15) is 0 Å². The maximum atomic E-state index is 12.4. The van der Waals surface area contributed by atoms with Gasteiger partial charge in [-0.3, -0.25) is 9.59 Å². The Balaban J connectivity index is 1.48. The summed E-state index contributed by atoms with van der Waals surface area (Å²) in [6.45, 7) is 6.48. The van der Waals surface area contributed by atoms with Crippen LogP contribution in [0.5, 0.6) is 0 Å². The molecule has 2 saturated heterocycles. The number of nitrogens with zero attached hydrogens (tertiary/aromatic N) is 1. The third-order valence-electron chi connectivity index (χ3n) is 5.27. The van der Waals surface area contributed by atoms with Gasteiger partial charge in [0.1, 0.15) is 5.92 Å². The molecular weight excluding hydrogens is 330 g/mol. The van der Waals surface area contributed by atoms with Gasteiger partial charge < -0.3 is 19.9 Å². The van der Waals surface area contributed by atoms with Crippen LogP contribution in [0, 0.1) is 5.92 Å². The molecule has 0 radical (unpaired) electrons. The number of amides is 1. The predicted octanol–water partition coefficient (Wildman–Crippen LogP) is 1.08. The van der Waals surface area contributed by atoms with Crippen LogP contribution in [0.25, 0.3) is 0 Å². The maximum Gasteiger partial charge on any atom is 0.314 e. The van der Waals surface area contributed by atoms with Gasteiger partial charge in [0.2, 0.25) is 0 Å². The number of benzene rings is 1. The lowest BCUT2D eigenvalue weighted by Gasteiger charge is -2.28. The highest BCUT2D eigenvalue weighted by molar-refractivity contribution is 5.91. The molecule has 6 nitrogen and oxygen atoms in total. The SMILES string of the molecule is CCOC(=O)[C@@H]1CCC[NH+](CC(=O)Nc2ccc(N3CCCC3)cc2)C1. The summed E-state index contributed by atoms with van der Waals surface area (Å²) >= 11 is 0. The summed E-state index contributed by atoms with van der Waals surface area (Å²) in [7, 11) is 0. The number of anilines is 2. The van der Waals surface area contributed by atoms with Crippen LogP contribution in [-0.2, 0) is 14.3 Å². The van der Waals surface area contributed by atoms with Crippen molar-refractivity contribution in [2.24, 2.45) is 5.92 Å². The molecule has 0 aromatic heterocycles. The van der Waals surface area contributed by atoms with Gasteiger partial charge in [0.15, 0.2) is 6.54 Å². The minimum atomic E-state index is -0.123. The monoisotopic (exact) mass is 360 g/mol. The summed E-state index contributed by atoms with van der Waals surface area (Å²) in [5.41, 5.74) is 2.05. The standard InChI is InChI=1S/C20H29N3O3/c1-2-26-20(25)16-6-5-11-22(14-16)15-19(24)21-17-7-9-18(10-8-17)23-12-3-4-13-23/h7-10,16H,2-6,11-15H2,1H3,(H,21,24)/p+1/t16-/m1/s1. The third-order valence-corrected chi connectivity index (χ3v) is 5.27. The number of hydrogen-bond acceptors (Lipinski definition) is 4. The minimum Gasteiger partial charge on any atom is -0.466 e. The van der Waals surface area contributed by atoms with E-state index in [1.807, 2.05) is 19.1 Å². The molecule has 2 aliphatic rings. The molecule has 26 heavy (non-hydrogen) atoms. The Bertz CT molecular complexity index is 611. The topological polar surface area (TPSA) is 63.1 Å². The second kappa shape index (κ2) is 9.03. The average molecular weight is 360 g/mol. The molecule has 1 amide bonds. The Morgan fingerprint density at radius 3 is 2.62 bits per heavy atom. The molecule has 2 atom stereocenters. The Morgan fingerprint density at radius 2 is 1.92 bits per heavy atom. The van der Waals surface area contributed by atoms with Gasteiger partial charge >= 0.3 is 5.97 Å². The first-order valence-electron chi connectivity index (χ1n) is 9.80. The molecule has 0 bridgehead atoms. The zero-order valence-corrected chi connectivity index (χ0v) is 15.6. The Morgan fingerprint density at radius 1 is 1.19 bits per heavy atom. The van der Waals surface area contributed by atoms with Gasteiger partial charge in [-0.1, -0.05) is 0 Å². The highest BCUT2D eigenvalue weighted by atomic mass is 16.5. The molecule has 0 aliphatic carbocycles. The number of ether oxygens (including phenoxy) is 1. The van der Waals surface area contributed by atoms with Crippen LogP contribution in [0.3, 0.4) is 0 Å². The first kappa shape index (κ1) is 18.7. The number of nitrogens with one attached hydrogen (secondary N) is 2. The van der Waals surface area contributed by atoms with Crippen molar-refractivity contribution in [3.63, 3.8) is 0 Å². The van der Waals surface area contributed by atoms with Gasteiger partial charge in [0.05, 0.1) is 19.7 Å². The molecular formula is C20H30N3O3+. The van der Waals surface area contributed by atoms with Gasteiger partial charge in [0, 0.05) is 24.5 Å². The normalized spacial score (nSPS) is 22.9. The van der Waals surface area contributed by atoms with Crippen molar-refractivity contribution in [2.45, 2.75) is 32.6 Å². The first-order chi connectivity index (χ1) is 12.7. The van der Waals surface area contributed by atoms with Crippen molar-refractivity contribution in [2.75, 3.05) is 49.5 Å². The Labute approximate surface area is 155 Å². The number of hydrogen-bond donors (Lipinski definition) is 2. The second-order valence-electron chi connectivity index (χ2n) is 7.26. The largest absolute Gasteiger partial charge is 0.466 e. The lowest BCUT2D eigenvalue weighted by molar-refractivity contribution is -0.899. The summed E-state index contributed by atoms with van der Waals surface area (Å²) in [5, 5.41) is 2.98. The summed E-state index contributed by atoms with van der Waals surface area (Å²) < 4.78 is 5.13. The quantitative estimate of drug-likeness (QED) is 0.746. The minimum absolute atomic E-state index is 0.00145. The number of piperidine rings is 1. The van der Waals surface area contributed by atoms with E-state index in [0.717, 1.165) is 43.1 Å². The molecule has 2 N–H and O–H groups in total. The van der Waals surface area contributed by atoms with Crippen molar-refractivity contribution in [3.05, 3.63) is 24.3 Å². The van der Waals surface area contributed by atoms with E-state index in [0.29, 0.717) is 19.7 Å². The molecule has 3 rings (SSSR count). The first-order valence-corrected chi connectivity index (χ1v) is 9.80. The molecule has 6 heteroatoms. The second-order valence-corrected chi connectivity index (χ2v) is 7.26. The molecule has 1 aromatic carbocycles. The van der Waals surface area contributed by atoms with Crippen molar-refractivity contribution in [3.8, 4) is 0 Å².